The first kappa shape index (κ1) is 14.5. The van der Waals surface area contributed by atoms with Crippen LogP contribution in [0.1, 0.15) is 18.9 Å². The standard InChI is InChI=1S/C13H13ClFN3O2/c1-2-7-19-12-16-11(14)17-13(18-12)20-8-9-5-3-4-6-10(9)15/h3-6H,2,7-8H2,1H3. The fraction of sp³-hybridized carbons (Fsp3) is 0.308. The molecule has 106 valence electrons. The third kappa shape index (κ3) is 4.03. The molecule has 0 fully saturated rings. The topological polar surface area (TPSA) is 57.1 Å². The van der Waals surface area contributed by atoms with Crippen LogP contribution < -0.4 is 9.47 Å². The summed E-state index contributed by atoms with van der Waals surface area (Å²) in [6.07, 6.45) is 0.814. The van der Waals surface area contributed by atoms with Crippen LogP contribution in [0.4, 0.5) is 4.39 Å². The molecule has 0 bridgehead atoms. The van der Waals surface area contributed by atoms with E-state index in [9.17, 15) is 4.39 Å². The lowest BCUT2D eigenvalue weighted by molar-refractivity contribution is 0.252. The summed E-state index contributed by atoms with van der Waals surface area (Å²) in [4.78, 5) is 11.6. The van der Waals surface area contributed by atoms with Gasteiger partial charge in [-0.1, -0.05) is 25.1 Å². The normalized spacial score (nSPS) is 10.3. The van der Waals surface area contributed by atoms with Gasteiger partial charge >= 0.3 is 12.0 Å². The number of nitrogens with zero attached hydrogens (tertiary/aromatic N) is 3. The van der Waals surface area contributed by atoms with E-state index in [1.165, 1.54) is 6.07 Å². The molecule has 0 aliphatic heterocycles. The Morgan fingerprint density at radius 3 is 2.50 bits per heavy atom. The fourth-order valence-electron chi connectivity index (χ4n) is 1.39. The van der Waals surface area contributed by atoms with E-state index in [0.717, 1.165) is 6.42 Å². The van der Waals surface area contributed by atoms with Gasteiger partial charge in [0.2, 0.25) is 5.28 Å². The zero-order chi connectivity index (χ0) is 14.4. The van der Waals surface area contributed by atoms with Gasteiger partial charge in [0.05, 0.1) is 6.61 Å². The second kappa shape index (κ2) is 7.00. The van der Waals surface area contributed by atoms with Gasteiger partial charge in [0.15, 0.2) is 0 Å². The number of ether oxygens (including phenoxy) is 2. The van der Waals surface area contributed by atoms with E-state index in [1.807, 2.05) is 6.92 Å². The maximum Gasteiger partial charge on any atom is 0.324 e. The number of benzene rings is 1. The van der Waals surface area contributed by atoms with Gasteiger partial charge in [-0.15, -0.1) is 4.98 Å². The third-order valence-electron chi connectivity index (χ3n) is 2.32. The van der Waals surface area contributed by atoms with E-state index >= 15 is 0 Å². The highest BCUT2D eigenvalue weighted by Crippen LogP contribution is 2.15. The van der Waals surface area contributed by atoms with E-state index < -0.39 is 0 Å². The lowest BCUT2D eigenvalue weighted by Crippen LogP contribution is -2.06. The number of rotatable bonds is 6. The Bertz CT molecular complexity index is 583. The molecule has 5 nitrogen and oxygen atoms in total. The molecule has 2 aromatic rings. The lowest BCUT2D eigenvalue weighted by atomic mass is 10.2. The van der Waals surface area contributed by atoms with Crippen LogP contribution in [0, 0.1) is 5.82 Å². The van der Waals surface area contributed by atoms with Crippen molar-refractivity contribution in [3.8, 4) is 12.0 Å². The maximum atomic E-state index is 13.4. The van der Waals surface area contributed by atoms with Gasteiger partial charge in [-0.25, -0.2) is 4.39 Å². The zero-order valence-corrected chi connectivity index (χ0v) is 11.6. The number of aromatic nitrogens is 3. The molecule has 1 aromatic carbocycles. The first-order chi connectivity index (χ1) is 9.69. The summed E-state index contributed by atoms with van der Waals surface area (Å²) in [5.74, 6) is -0.352. The van der Waals surface area contributed by atoms with Gasteiger partial charge in [0.1, 0.15) is 12.4 Å². The largest absolute Gasteiger partial charge is 0.463 e. The lowest BCUT2D eigenvalue weighted by Gasteiger charge is -2.07. The maximum absolute atomic E-state index is 13.4. The summed E-state index contributed by atoms with van der Waals surface area (Å²) in [5.41, 5.74) is 0.403. The predicted molar refractivity (Wildman–Crippen MR) is 71.4 cm³/mol. The van der Waals surface area contributed by atoms with Crippen molar-refractivity contribution in [3.63, 3.8) is 0 Å². The first-order valence-corrected chi connectivity index (χ1v) is 6.47. The number of hydrogen-bond acceptors (Lipinski definition) is 5. The molecule has 0 radical (unpaired) electrons. The molecule has 0 saturated heterocycles. The minimum Gasteiger partial charge on any atom is -0.463 e. The monoisotopic (exact) mass is 297 g/mol. The van der Waals surface area contributed by atoms with E-state index in [-0.39, 0.29) is 29.7 Å². The highest BCUT2D eigenvalue weighted by molar-refractivity contribution is 6.28. The van der Waals surface area contributed by atoms with E-state index in [0.29, 0.717) is 12.2 Å². The molecule has 1 heterocycles. The number of hydrogen-bond donors (Lipinski definition) is 0. The molecular formula is C13H13ClFN3O2. The Labute approximate surface area is 120 Å². The van der Waals surface area contributed by atoms with Crippen LogP contribution in [-0.4, -0.2) is 21.6 Å². The van der Waals surface area contributed by atoms with Crippen molar-refractivity contribution >= 4 is 11.6 Å². The van der Waals surface area contributed by atoms with Gasteiger partial charge in [-0.2, -0.15) is 9.97 Å². The highest BCUT2D eigenvalue weighted by Gasteiger charge is 2.08. The Kier molecular flexibility index (Phi) is 5.06. The SMILES string of the molecule is CCCOc1nc(Cl)nc(OCc2ccccc2F)n1. The van der Waals surface area contributed by atoms with Crippen LogP contribution in [0.15, 0.2) is 24.3 Å². The Morgan fingerprint density at radius 2 is 1.80 bits per heavy atom. The van der Waals surface area contributed by atoms with Crippen molar-refractivity contribution in [2.24, 2.45) is 0 Å². The minimum atomic E-state index is -0.352. The van der Waals surface area contributed by atoms with Crippen molar-refractivity contribution in [1.29, 1.82) is 0 Å². The average molecular weight is 298 g/mol. The van der Waals surface area contributed by atoms with Crippen LogP contribution >= 0.6 is 11.6 Å². The molecular weight excluding hydrogens is 285 g/mol. The summed E-state index contributed by atoms with van der Waals surface area (Å²) < 4.78 is 24.0. The molecule has 7 heteroatoms. The Balaban J connectivity index is 2.05. The van der Waals surface area contributed by atoms with Crippen molar-refractivity contribution in [2.75, 3.05) is 6.61 Å². The van der Waals surface area contributed by atoms with Crippen LogP contribution in [0.5, 0.6) is 12.0 Å². The van der Waals surface area contributed by atoms with Crippen LogP contribution in [-0.2, 0) is 6.61 Å². The molecule has 0 spiro atoms. The van der Waals surface area contributed by atoms with Crippen molar-refractivity contribution < 1.29 is 13.9 Å². The molecule has 0 aliphatic carbocycles. The molecule has 2 rings (SSSR count). The van der Waals surface area contributed by atoms with E-state index in [2.05, 4.69) is 15.0 Å². The molecule has 0 amide bonds. The van der Waals surface area contributed by atoms with Gasteiger partial charge in [-0.05, 0) is 24.1 Å². The van der Waals surface area contributed by atoms with Gasteiger partial charge < -0.3 is 9.47 Å². The first-order valence-electron chi connectivity index (χ1n) is 6.09. The third-order valence-corrected chi connectivity index (χ3v) is 2.49. The summed E-state index contributed by atoms with van der Waals surface area (Å²) in [6, 6.07) is 6.39. The van der Waals surface area contributed by atoms with Gasteiger partial charge in [0, 0.05) is 5.56 Å². The van der Waals surface area contributed by atoms with Crippen LogP contribution in [0.3, 0.4) is 0 Å². The molecule has 0 saturated carbocycles. The van der Waals surface area contributed by atoms with Crippen LogP contribution in [0.2, 0.25) is 5.28 Å². The molecule has 0 atom stereocenters. The quantitative estimate of drug-likeness (QED) is 0.820. The fourth-order valence-corrected chi connectivity index (χ4v) is 1.54. The number of halogens is 2. The summed E-state index contributed by atoms with van der Waals surface area (Å²) in [6.45, 7) is 2.42. The molecule has 0 aliphatic rings. The van der Waals surface area contributed by atoms with Gasteiger partial charge in [0.25, 0.3) is 0 Å². The van der Waals surface area contributed by atoms with E-state index in [1.54, 1.807) is 18.2 Å². The van der Waals surface area contributed by atoms with Crippen molar-refractivity contribution in [3.05, 3.63) is 40.9 Å². The summed E-state index contributed by atoms with van der Waals surface area (Å²) >= 11 is 5.75. The smallest absolute Gasteiger partial charge is 0.324 e. The molecule has 0 unspecified atom stereocenters. The average Bonchev–Trinajstić information content (AvgIpc) is 2.44. The second-order valence-electron chi connectivity index (χ2n) is 3.90. The molecule has 0 N–H and O–H groups in total. The predicted octanol–water partition coefficient (Wildman–Crippen LogP) is 3.03. The molecule has 1 aromatic heterocycles. The van der Waals surface area contributed by atoms with E-state index in [4.69, 9.17) is 21.1 Å². The highest BCUT2D eigenvalue weighted by atomic mass is 35.5. The molecule has 20 heavy (non-hydrogen) atoms. The van der Waals surface area contributed by atoms with Crippen LogP contribution in [0.25, 0.3) is 0 Å². The summed E-state index contributed by atoms with van der Waals surface area (Å²) in [7, 11) is 0. The second-order valence-corrected chi connectivity index (χ2v) is 4.24. The Morgan fingerprint density at radius 1 is 1.10 bits per heavy atom. The van der Waals surface area contributed by atoms with Gasteiger partial charge in [-0.3, -0.25) is 0 Å². The minimum absolute atomic E-state index is 0.000231. The zero-order valence-electron chi connectivity index (χ0n) is 10.8. The summed E-state index contributed by atoms with van der Waals surface area (Å²) in [5, 5.41) is -0.0327. The van der Waals surface area contributed by atoms with Crippen molar-refractivity contribution in [2.45, 2.75) is 20.0 Å². The van der Waals surface area contributed by atoms with Crippen molar-refractivity contribution in [1.82, 2.24) is 15.0 Å². The Hall–Kier alpha value is -1.95.